The van der Waals surface area contributed by atoms with Crippen molar-refractivity contribution in [2.24, 2.45) is 11.7 Å². The summed E-state index contributed by atoms with van der Waals surface area (Å²) in [4.78, 5) is 2.47. The summed E-state index contributed by atoms with van der Waals surface area (Å²) < 4.78 is 0. The molecule has 0 aromatic heterocycles. The van der Waals surface area contributed by atoms with Crippen molar-refractivity contribution in [3.8, 4) is 0 Å². The highest BCUT2D eigenvalue weighted by molar-refractivity contribution is 4.92. The SMILES string of the molecule is CC(O)(CN)CN1CCC2CCCCC21. The summed E-state index contributed by atoms with van der Waals surface area (Å²) in [5, 5.41) is 10.0. The Balaban J connectivity index is 1.93. The Hall–Kier alpha value is -0.120. The molecule has 1 saturated heterocycles. The maximum atomic E-state index is 10.0. The van der Waals surface area contributed by atoms with Crippen molar-refractivity contribution >= 4 is 0 Å². The normalized spacial score (nSPS) is 36.2. The van der Waals surface area contributed by atoms with E-state index in [1.807, 2.05) is 6.92 Å². The van der Waals surface area contributed by atoms with Gasteiger partial charge in [0.15, 0.2) is 0 Å². The van der Waals surface area contributed by atoms with Crippen molar-refractivity contribution < 1.29 is 5.11 Å². The van der Waals surface area contributed by atoms with Gasteiger partial charge in [0.05, 0.1) is 5.60 Å². The summed E-state index contributed by atoms with van der Waals surface area (Å²) in [6.07, 6.45) is 6.81. The molecule has 3 atom stereocenters. The molecule has 0 aromatic carbocycles. The first-order valence-corrected chi connectivity index (χ1v) is 6.29. The number of aliphatic hydroxyl groups is 1. The fraction of sp³-hybridized carbons (Fsp3) is 1.00. The van der Waals surface area contributed by atoms with Crippen LogP contribution in [-0.4, -0.2) is 41.3 Å². The van der Waals surface area contributed by atoms with Gasteiger partial charge in [0.25, 0.3) is 0 Å². The molecule has 88 valence electrons. The number of likely N-dealkylation sites (tertiary alicyclic amines) is 1. The first-order chi connectivity index (χ1) is 7.12. The average Bonchev–Trinajstić information content (AvgIpc) is 2.62. The minimum Gasteiger partial charge on any atom is -0.388 e. The van der Waals surface area contributed by atoms with Crippen LogP contribution < -0.4 is 5.73 Å². The summed E-state index contributed by atoms with van der Waals surface area (Å²) in [5.74, 6) is 0.896. The zero-order valence-electron chi connectivity index (χ0n) is 9.78. The molecule has 2 fully saturated rings. The molecule has 0 spiro atoms. The van der Waals surface area contributed by atoms with Gasteiger partial charge in [-0.1, -0.05) is 12.8 Å². The zero-order valence-corrected chi connectivity index (χ0v) is 9.78. The number of rotatable bonds is 3. The fourth-order valence-corrected chi connectivity index (χ4v) is 3.20. The molecule has 0 radical (unpaired) electrons. The largest absolute Gasteiger partial charge is 0.388 e. The lowest BCUT2D eigenvalue weighted by atomic mass is 9.85. The molecule has 3 nitrogen and oxygen atoms in total. The van der Waals surface area contributed by atoms with Gasteiger partial charge in [0, 0.05) is 19.1 Å². The van der Waals surface area contributed by atoms with Gasteiger partial charge in [0.1, 0.15) is 0 Å². The smallest absolute Gasteiger partial charge is 0.0867 e. The summed E-state index contributed by atoms with van der Waals surface area (Å²) in [6, 6.07) is 0.733. The van der Waals surface area contributed by atoms with E-state index in [4.69, 9.17) is 5.73 Å². The van der Waals surface area contributed by atoms with E-state index in [2.05, 4.69) is 4.90 Å². The Morgan fingerprint density at radius 3 is 2.80 bits per heavy atom. The van der Waals surface area contributed by atoms with Crippen molar-refractivity contribution in [1.82, 2.24) is 4.90 Å². The van der Waals surface area contributed by atoms with Crippen LogP contribution in [0.5, 0.6) is 0 Å². The lowest BCUT2D eigenvalue weighted by Crippen LogP contribution is -2.48. The molecule has 0 aromatic rings. The van der Waals surface area contributed by atoms with Gasteiger partial charge in [-0.2, -0.15) is 0 Å². The van der Waals surface area contributed by atoms with Crippen molar-refractivity contribution in [3.05, 3.63) is 0 Å². The summed E-state index contributed by atoms with van der Waals surface area (Å²) in [6.45, 7) is 4.13. The highest BCUT2D eigenvalue weighted by Gasteiger charge is 2.37. The van der Waals surface area contributed by atoms with Gasteiger partial charge in [-0.3, -0.25) is 4.90 Å². The number of hydrogen-bond donors (Lipinski definition) is 2. The van der Waals surface area contributed by atoms with Crippen LogP contribution in [0.15, 0.2) is 0 Å². The lowest BCUT2D eigenvalue weighted by molar-refractivity contribution is 0.0163. The van der Waals surface area contributed by atoms with E-state index < -0.39 is 5.60 Å². The predicted octanol–water partition coefficient (Wildman–Crippen LogP) is 0.961. The fourth-order valence-electron chi connectivity index (χ4n) is 3.20. The monoisotopic (exact) mass is 212 g/mol. The highest BCUT2D eigenvalue weighted by atomic mass is 16.3. The molecular weight excluding hydrogens is 188 g/mol. The van der Waals surface area contributed by atoms with Crippen LogP contribution in [-0.2, 0) is 0 Å². The molecule has 15 heavy (non-hydrogen) atoms. The average molecular weight is 212 g/mol. The molecular formula is C12H24N2O. The highest BCUT2D eigenvalue weighted by Crippen LogP contribution is 2.36. The number of β-amino-alcohol motifs (C(OH)–C–C–N with tert-alkyl or cyclic N) is 1. The summed E-state index contributed by atoms with van der Waals surface area (Å²) >= 11 is 0. The lowest BCUT2D eigenvalue weighted by Gasteiger charge is -2.35. The van der Waals surface area contributed by atoms with E-state index in [0.717, 1.165) is 25.0 Å². The zero-order chi connectivity index (χ0) is 10.9. The molecule has 1 heterocycles. The van der Waals surface area contributed by atoms with Gasteiger partial charge in [-0.15, -0.1) is 0 Å². The van der Waals surface area contributed by atoms with Crippen LogP contribution in [0.2, 0.25) is 0 Å². The second-order valence-corrected chi connectivity index (χ2v) is 5.57. The van der Waals surface area contributed by atoms with Gasteiger partial charge in [0.2, 0.25) is 0 Å². The number of fused-ring (bicyclic) bond motifs is 1. The molecule has 1 aliphatic heterocycles. The van der Waals surface area contributed by atoms with Crippen LogP contribution >= 0.6 is 0 Å². The van der Waals surface area contributed by atoms with Crippen LogP contribution in [0.25, 0.3) is 0 Å². The molecule has 2 rings (SSSR count). The maximum absolute atomic E-state index is 10.0. The number of hydrogen-bond acceptors (Lipinski definition) is 3. The van der Waals surface area contributed by atoms with Gasteiger partial charge in [-0.05, 0) is 38.6 Å². The van der Waals surface area contributed by atoms with E-state index in [9.17, 15) is 5.11 Å². The topological polar surface area (TPSA) is 49.5 Å². The molecule has 0 amide bonds. The van der Waals surface area contributed by atoms with Crippen LogP contribution in [0.3, 0.4) is 0 Å². The minimum absolute atomic E-state index is 0.362. The Labute approximate surface area is 92.6 Å². The standard InChI is InChI=1S/C12H24N2O/c1-12(15,8-13)9-14-7-6-10-4-2-3-5-11(10)14/h10-11,15H,2-9,13H2,1H3. The van der Waals surface area contributed by atoms with E-state index in [-0.39, 0.29) is 0 Å². The number of nitrogens with zero attached hydrogens (tertiary/aromatic N) is 1. The Kier molecular flexibility index (Phi) is 3.33. The predicted molar refractivity (Wildman–Crippen MR) is 61.6 cm³/mol. The molecule has 3 N–H and O–H groups in total. The quantitative estimate of drug-likeness (QED) is 0.732. The van der Waals surface area contributed by atoms with Gasteiger partial charge < -0.3 is 10.8 Å². The van der Waals surface area contributed by atoms with E-state index in [1.54, 1.807) is 0 Å². The molecule has 1 saturated carbocycles. The van der Waals surface area contributed by atoms with Crippen LogP contribution in [0.4, 0.5) is 0 Å². The molecule has 3 unspecified atom stereocenters. The minimum atomic E-state index is -0.702. The molecule has 1 aliphatic carbocycles. The molecule has 2 aliphatic rings. The maximum Gasteiger partial charge on any atom is 0.0867 e. The number of nitrogens with two attached hydrogens (primary N) is 1. The van der Waals surface area contributed by atoms with Crippen molar-refractivity contribution in [2.75, 3.05) is 19.6 Å². The summed E-state index contributed by atoms with van der Waals surface area (Å²) in [7, 11) is 0. The van der Waals surface area contributed by atoms with Crippen molar-refractivity contribution in [1.29, 1.82) is 0 Å². The van der Waals surface area contributed by atoms with Crippen molar-refractivity contribution in [2.45, 2.75) is 50.7 Å². The summed E-state index contributed by atoms with van der Waals surface area (Å²) in [5.41, 5.74) is 4.87. The van der Waals surface area contributed by atoms with E-state index in [0.29, 0.717) is 6.54 Å². The second kappa shape index (κ2) is 4.40. The Morgan fingerprint density at radius 1 is 1.33 bits per heavy atom. The van der Waals surface area contributed by atoms with Crippen LogP contribution in [0.1, 0.15) is 39.0 Å². The third-order valence-electron chi connectivity index (χ3n) is 4.11. The first kappa shape index (κ1) is 11.4. The Morgan fingerprint density at radius 2 is 2.07 bits per heavy atom. The van der Waals surface area contributed by atoms with Gasteiger partial charge in [-0.25, -0.2) is 0 Å². The second-order valence-electron chi connectivity index (χ2n) is 5.57. The van der Waals surface area contributed by atoms with Gasteiger partial charge >= 0.3 is 0 Å². The third kappa shape index (κ3) is 2.52. The first-order valence-electron chi connectivity index (χ1n) is 6.29. The van der Waals surface area contributed by atoms with E-state index >= 15 is 0 Å². The van der Waals surface area contributed by atoms with Crippen molar-refractivity contribution in [3.63, 3.8) is 0 Å². The molecule has 3 heteroatoms. The molecule has 0 bridgehead atoms. The van der Waals surface area contributed by atoms with E-state index in [1.165, 1.54) is 32.1 Å². The Bertz CT molecular complexity index is 218. The van der Waals surface area contributed by atoms with Crippen LogP contribution in [0, 0.1) is 5.92 Å². The third-order valence-corrected chi connectivity index (χ3v) is 4.11.